The molecule has 0 aromatic rings. The largest absolute Gasteiger partial charge is 0.378 e. The lowest BCUT2D eigenvalue weighted by atomic mass is 10.2. The van der Waals surface area contributed by atoms with Gasteiger partial charge < -0.3 is 15.8 Å². The molecule has 0 aliphatic heterocycles. The predicted molar refractivity (Wildman–Crippen MR) is 61.6 cm³/mol. The van der Waals surface area contributed by atoms with E-state index < -0.39 is 0 Å². The Kier molecular flexibility index (Phi) is 7.34. The second-order valence-electron chi connectivity index (χ2n) is 4.15. The number of rotatable bonds is 8. The summed E-state index contributed by atoms with van der Waals surface area (Å²) < 4.78 is 5.51. The highest BCUT2D eigenvalue weighted by molar-refractivity contribution is 5.79. The minimum atomic E-state index is -0.309. The van der Waals surface area contributed by atoms with Gasteiger partial charge in [-0.3, -0.25) is 4.79 Å². The average molecular weight is 216 g/mol. The van der Waals surface area contributed by atoms with Crippen molar-refractivity contribution in [2.75, 3.05) is 6.61 Å². The standard InChI is InChI=1S/C11H24N2O2/c1-5-9(4)15-7-6-10(11(12)14)13-8(2)3/h8-10,13H,5-7H2,1-4H3,(H2,12,14). The predicted octanol–water partition coefficient (Wildman–Crippen LogP) is 1.04. The summed E-state index contributed by atoms with van der Waals surface area (Å²) in [6.45, 7) is 8.65. The van der Waals surface area contributed by atoms with Gasteiger partial charge in [-0.2, -0.15) is 0 Å². The third-order valence-corrected chi connectivity index (χ3v) is 2.26. The Labute approximate surface area is 92.6 Å². The number of carbonyl (C=O) groups is 1. The SMILES string of the molecule is CCC(C)OCCC(NC(C)C)C(N)=O. The minimum Gasteiger partial charge on any atom is -0.378 e. The molecule has 0 radical (unpaired) electrons. The first kappa shape index (κ1) is 14.4. The van der Waals surface area contributed by atoms with E-state index in [9.17, 15) is 4.79 Å². The van der Waals surface area contributed by atoms with Gasteiger partial charge in [0.25, 0.3) is 0 Å². The summed E-state index contributed by atoms with van der Waals surface area (Å²) >= 11 is 0. The maximum absolute atomic E-state index is 11.1. The molecule has 0 saturated heterocycles. The molecule has 90 valence electrons. The fourth-order valence-electron chi connectivity index (χ4n) is 1.22. The monoisotopic (exact) mass is 216 g/mol. The molecule has 0 fully saturated rings. The molecule has 0 bridgehead atoms. The zero-order chi connectivity index (χ0) is 11.8. The first-order valence-electron chi connectivity index (χ1n) is 5.64. The first-order valence-corrected chi connectivity index (χ1v) is 5.64. The molecule has 4 nitrogen and oxygen atoms in total. The Morgan fingerprint density at radius 3 is 2.40 bits per heavy atom. The smallest absolute Gasteiger partial charge is 0.234 e. The topological polar surface area (TPSA) is 64.3 Å². The number of hydrogen-bond acceptors (Lipinski definition) is 3. The van der Waals surface area contributed by atoms with Crippen molar-refractivity contribution in [3.05, 3.63) is 0 Å². The molecule has 2 unspecified atom stereocenters. The molecule has 0 rings (SSSR count). The molecule has 2 atom stereocenters. The fourth-order valence-corrected chi connectivity index (χ4v) is 1.22. The Balaban J connectivity index is 3.81. The zero-order valence-corrected chi connectivity index (χ0v) is 10.2. The van der Waals surface area contributed by atoms with Crippen LogP contribution in [0.25, 0.3) is 0 Å². The number of nitrogens with one attached hydrogen (secondary N) is 1. The molecular formula is C11H24N2O2. The highest BCUT2D eigenvalue weighted by atomic mass is 16.5. The highest BCUT2D eigenvalue weighted by Crippen LogP contribution is 2.00. The summed E-state index contributed by atoms with van der Waals surface area (Å²) in [5.74, 6) is -0.309. The number of ether oxygens (including phenoxy) is 1. The van der Waals surface area contributed by atoms with E-state index >= 15 is 0 Å². The Bertz CT molecular complexity index is 183. The highest BCUT2D eigenvalue weighted by Gasteiger charge is 2.15. The van der Waals surface area contributed by atoms with E-state index in [0.29, 0.717) is 13.0 Å². The molecule has 1 amide bonds. The van der Waals surface area contributed by atoms with Gasteiger partial charge in [0.15, 0.2) is 0 Å². The van der Waals surface area contributed by atoms with Gasteiger partial charge in [-0.25, -0.2) is 0 Å². The third kappa shape index (κ3) is 7.33. The van der Waals surface area contributed by atoms with Gasteiger partial charge in [-0.1, -0.05) is 20.8 Å². The number of carbonyl (C=O) groups excluding carboxylic acids is 1. The summed E-state index contributed by atoms with van der Waals surface area (Å²) in [7, 11) is 0. The van der Waals surface area contributed by atoms with Gasteiger partial charge in [0.2, 0.25) is 5.91 Å². The summed E-state index contributed by atoms with van der Waals surface area (Å²) in [6.07, 6.45) is 1.87. The van der Waals surface area contributed by atoms with Crippen molar-refractivity contribution in [3.8, 4) is 0 Å². The number of nitrogens with two attached hydrogens (primary N) is 1. The lowest BCUT2D eigenvalue weighted by molar-refractivity contribution is -0.120. The van der Waals surface area contributed by atoms with Crippen molar-refractivity contribution in [3.63, 3.8) is 0 Å². The van der Waals surface area contributed by atoms with Crippen molar-refractivity contribution in [2.24, 2.45) is 5.73 Å². The second kappa shape index (κ2) is 7.65. The molecule has 0 aliphatic rings. The number of amides is 1. The lowest BCUT2D eigenvalue weighted by Gasteiger charge is -2.19. The molecule has 3 N–H and O–H groups in total. The normalized spacial score (nSPS) is 15.3. The quantitative estimate of drug-likeness (QED) is 0.637. The van der Waals surface area contributed by atoms with Gasteiger partial charge >= 0.3 is 0 Å². The van der Waals surface area contributed by atoms with Gasteiger partial charge in [-0.15, -0.1) is 0 Å². The van der Waals surface area contributed by atoms with Crippen LogP contribution in [0.15, 0.2) is 0 Å². The van der Waals surface area contributed by atoms with Crippen LogP contribution in [0.4, 0.5) is 0 Å². The van der Waals surface area contributed by atoms with Crippen molar-refractivity contribution < 1.29 is 9.53 Å². The van der Waals surface area contributed by atoms with Gasteiger partial charge in [0.1, 0.15) is 0 Å². The summed E-state index contributed by atoms with van der Waals surface area (Å²) in [4.78, 5) is 11.1. The average Bonchev–Trinajstić information content (AvgIpc) is 2.15. The maximum atomic E-state index is 11.1. The summed E-state index contributed by atoms with van der Waals surface area (Å²) in [6, 6.07) is -0.0276. The second-order valence-corrected chi connectivity index (χ2v) is 4.15. The molecule has 0 aromatic heterocycles. The Hall–Kier alpha value is -0.610. The van der Waals surface area contributed by atoms with Crippen LogP contribution in [0.5, 0.6) is 0 Å². The molecule has 15 heavy (non-hydrogen) atoms. The van der Waals surface area contributed by atoms with Crippen LogP contribution >= 0.6 is 0 Å². The van der Waals surface area contributed by atoms with Gasteiger partial charge in [-0.05, 0) is 19.8 Å². The minimum absolute atomic E-state index is 0.248. The maximum Gasteiger partial charge on any atom is 0.234 e. The molecule has 0 saturated carbocycles. The van der Waals surface area contributed by atoms with E-state index in [1.165, 1.54) is 0 Å². The van der Waals surface area contributed by atoms with Crippen molar-refractivity contribution >= 4 is 5.91 Å². The van der Waals surface area contributed by atoms with E-state index in [1.54, 1.807) is 0 Å². The van der Waals surface area contributed by atoms with Gasteiger partial charge in [0.05, 0.1) is 12.1 Å². The Morgan fingerprint density at radius 1 is 1.40 bits per heavy atom. The summed E-state index contributed by atoms with van der Waals surface area (Å²) in [5, 5.41) is 3.12. The molecule has 4 heteroatoms. The van der Waals surface area contributed by atoms with E-state index in [0.717, 1.165) is 6.42 Å². The Morgan fingerprint density at radius 2 is 2.00 bits per heavy atom. The van der Waals surface area contributed by atoms with Crippen LogP contribution < -0.4 is 11.1 Å². The molecule has 0 spiro atoms. The van der Waals surface area contributed by atoms with E-state index in [1.807, 2.05) is 20.8 Å². The zero-order valence-electron chi connectivity index (χ0n) is 10.2. The van der Waals surface area contributed by atoms with Gasteiger partial charge in [0, 0.05) is 12.6 Å². The molecule has 0 aliphatic carbocycles. The van der Waals surface area contributed by atoms with Crippen LogP contribution in [0.2, 0.25) is 0 Å². The first-order chi connectivity index (χ1) is 6.97. The van der Waals surface area contributed by atoms with Crippen LogP contribution in [-0.4, -0.2) is 30.7 Å². The molecule has 0 heterocycles. The number of primary amides is 1. The number of hydrogen-bond donors (Lipinski definition) is 2. The van der Waals surface area contributed by atoms with Crippen LogP contribution in [0, 0.1) is 0 Å². The van der Waals surface area contributed by atoms with E-state index in [4.69, 9.17) is 10.5 Å². The fraction of sp³-hybridized carbons (Fsp3) is 0.909. The van der Waals surface area contributed by atoms with Crippen LogP contribution in [0.3, 0.4) is 0 Å². The van der Waals surface area contributed by atoms with Crippen molar-refractivity contribution in [2.45, 2.75) is 58.7 Å². The molecular weight excluding hydrogens is 192 g/mol. The van der Waals surface area contributed by atoms with E-state index in [-0.39, 0.29) is 24.1 Å². The van der Waals surface area contributed by atoms with Crippen molar-refractivity contribution in [1.82, 2.24) is 5.32 Å². The third-order valence-electron chi connectivity index (χ3n) is 2.26. The summed E-state index contributed by atoms with van der Waals surface area (Å²) in [5.41, 5.74) is 5.28. The van der Waals surface area contributed by atoms with Crippen molar-refractivity contribution in [1.29, 1.82) is 0 Å². The molecule has 0 aromatic carbocycles. The van der Waals surface area contributed by atoms with Crippen LogP contribution in [-0.2, 0) is 9.53 Å². The lowest BCUT2D eigenvalue weighted by Crippen LogP contribution is -2.45. The van der Waals surface area contributed by atoms with Crippen LogP contribution in [0.1, 0.15) is 40.5 Å². The van der Waals surface area contributed by atoms with E-state index in [2.05, 4.69) is 12.2 Å².